The fourth-order valence-electron chi connectivity index (χ4n) is 2.78. The molecule has 1 aromatic heterocycles. The van der Waals surface area contributed by atoms with Crippen molar-refractivity contribution in [3.8, 4) is 0 Å². The molecule has 1 aliphatic heterocycles. The maximum Gasteiger partial charge on any atom is 0.231 e. The van der Waals surface area contributed by atoms with Gasteiger partial charge in [0.2, 0.25) is 5.89 Å². The summed E-state index contributed by atoms with van der Waals surface area (Å²) in [5.74, 6) is 1.58. The van der Waals surface area contributed by atoms with Gasteiger partial charge in [0.25, 0.3) is 0 Å². The number of likely N-dealkylation sites (tertiary alicyclic amines) is 1. The van der Waals surface area contributed by atoms with Gasteiger partial charge in [-0.25, -0.2) is 4.39 Å². The Bertz CT molecular complexity index is 647. The van der Waals surface area contributed by atoms with Gasteiger partial charge in [-0.1, -0.05) is 38.1 Å². The molecule has 0 saturated carbocycles. The molecule has 5 heteroatoms. The van der Waals surface area contributed by atoms with Crippen molar-refractivity contribution in [2.45, 2.75) is 45.1 Å². The Morgan fingerprint density at radius 3 is 2.86 bits per heavy atom. The molecule has 2 aromatic rings. The third-order valence-corrected chi connectivity index (χ3v) is 4.03. The third-order valence-electron chi connectivity index (χ3n) is 4.03. The van der Waals surface area contributed by atoms with Crippen molar-refractivity contribution in [3.63, 3.8) is 0 Å². The van der Waals surface area contributed by atoms with E-state index in [4.69, 9.17) is 4.52 Å². The highest BCUT2D eigenvalue weighted by Crippen LogP contribution is 2.29. The SMILES string of the molecule is CC(C)(C)c1noc(C2CCN(Cc3cccc(F)c3)C2)n1. The molecule has 1 aliphatic rings. The van der Waals surface area contributed by atoms with E-state index in [0.717, 1.165) is 43.3 Å². The highest BCUT2D eigenvalue weighted by atomic mass is 19.1. The standard InChI is InChI=1S/C17H22FN3O/c1-17(2,3)16-19-15(22-20-16)13-7-8-21(11-13)10-12-5-4-6-14(18)9-12/h4-6,9,13H,7-8,10-11H2,1-3H3. The van der Waals surface area contributed by atoms with Crippen LogP contribution in [0, 0.1) is 5.82 Å². The predicted octanol–water partition coefficient (Wildman–Crippen LogP) is 3.50. The lowest BCUT2D eigenvalue weighted by Gasteiger charge is -2.15. The first-order valence-corrected chi connectivity index (χ1v) is 7.73. The molecule has 0 aliphatic carbocycles. The maximum absolute atomic E-state index is 13.2. The predicted molar refractivity (Wildman–Crippen MR) is 82.0 cm³/mol. The van der Waals surface area contributed by atoms with Gasteiger partial charge >= 0.3 is 0 Å². The average Bonchev–Trinajstić information content (AvgIpc) is 3.06. The second-order valence-corrected chi connectivity index (χ2v) is 7.06. The Labute approximate surface area is 130 Å². The third kappa shape index (κ3) is 3.35. The molecule has 22 heavy (non-hydrogen) atoms. The lowest BCUT2D eigenvalue weighted by molar-refractivity contribution is 0.307. The summed E-state index contributed by atoms with van der Waals surface area (Å²) in [7, 11) is 0. The molecule has 0 spiro atoms. The molecule has 0 amide bonds. The Balaban J connectivity index is 1.64. The summed E-state index contributed by atoms with van der Waals surface area (Å²) in [6, 6.07) is 6.78. The monoisotopic (exact) mass is 303 g/mol. The van der Waals surface area contributed by atoms with Crippen molar-refractivity contribution < 1.29 is 8.91 Å². The summed E-state index contributed by atoms with van der Waals surface area (Å²) in [6.07, 6.45) is 1.00. The van der Waals surface area contributed by atoms with Crippen LogP contribution in [-0.4, -0.2) is 28.1 Å². The van der Waals surface area contributed by atoms with Crippen LogP contribution in [0.3, 0.4) is 0 Å². The number of benzene rings is 1. The van der Waals surface area contributed by atoms with E-state index in [1.807, 2.05) is 6.07 Å². The smallest absolute Gasteiger partial charge is 0.231 e. The lowest BCUT2D eigenvalue weighted by atomic mass is 9.96. The summed E-state index contributed by atoms with van der Waals surface area (Å²) in [5, 5.41) is 4.10. The molecular formula is C17H22FN3O. The largest absolute Gasteiger partial charge is 0.339 e. The van der Waals surface area contributed by atoms with Crippen LogP contribution in [0.5, 0.6) is 0 Å². The quantitative estimate of drug-likeness (QED) is 0.870. The van der Waals surface area contributed by atoms with Crippen LogP contribution in [-0.2, 0) is 12.0 Å². The van der Waals surface area contributed by atoms with E-state index in [9.17, 15) is 4.39 Å². The van der Waals surface area contributed by atoms with Crippen LogP contribution in [0.25, 0.3) is 0 Å². The Hall–Kier alpha value is -1.75. The highest BCUT2D eigenvalue weighted by molar-refractivity contribution is 5.16. The van der Waals surface area contributed by atoms with E-state index in [1.54, 1.807) is 12.1 Å². The normalized spacial score (nSPS) is 19.7. The van der Waals surface area contributed by atoms with Crippen LogP contribution in [0.15, 0.2) is 28.8 Å². The first kappa shape index (κ1) is 15.2. The van der Waals surface area contributed by atoms with Gasteiger partial charge in [0.1, 0.15) is 5.82 Å². The molecule has 1 fully saturated rings. The summed E-state index contributed by atoms with van der Waals surface area (Å²) in [4.78, 5) is 6.86. The van der Waals surface area contributed by atoms with Crippen molar-refractivity contribution in [3.05, 3.63) is 47.4 Å². The van der Waals surface area contributed by atoms with Crippen molar-refractivity contribution in [2.75, 3.05) is 13.1 Å². The molecule has 2 heterocycles. The molecule has 1 aromatic carbocycles. The van der Waals surface area contributed by atoms with Crippen molar-refractivity contribution in [2.24, 2.45) is 0 Å². The summed E-state index contributed by atoms with van der Waals surface area (Å²) in [5.41, 5.74) is 0.906. The molecular weight excluding hydrogens is 281 g/mol. The molecule has 0 radical (unpaired) electrons. The van der Waals surface area contributed by atoms with Gasteiger partial charge in [-0.15, -0.1) is 0 Å². The van der Waals surface area contributed by atoms with E-state index >= 15 is 0 Å². The Kier molecular flexibility index (Phi) is 4.00. The first-order chi connectivity index (χ1) is 10.4. The fourth-order valence-corrected chi connectivity index (χ4v) is 2.78. The summed E-state index contributed by atoms with van der Waals surface area (Å²) < 4.78 is 18.7. The van der Waals surface area contributed by atoms with Gasteiger partial charge < -0.3 is 4.52 Å². The van der Waals surface area contributed by atoms with Crippen molar-refractivity contribution in [1.29, 1.82) is 0 Å². The molecule has 1 unspecified atom stereocenters. The van der Waals surface area contributed by atoms with Gasteiger partial charge in [0.15, 0.2) is 5.82 Å². The number of rotatable bonds is 3. The van der Waals surface area contributed by atoms with E-state index in [-0.39, 0.29) is 17.2 Å². The van der Waals surface area contributed by atoms with Gasteiger partial charge in [-0.2, -0.15) is 4.98 Å². The van der Waals surface area contributed by atoms with E-state index in [2.05, 4.69) is 35.8 Å². The van der Waals surface area contributed by atoms with Crippen LogP contribution in [0.4, 0.5) is 4.39 Å². The minimum absolute atomic E-state index is 0.0956. The fraction of sp³-hybridized carbons (Fsp3) is 0.529. The van der Waals surface area contributed by atoms with Gasteiger partial charge in [0.05, 0.1) is 5.92 Å². The van der Waals surface area contributed by atoms with Crippen molar-refractivity contribution >= 4 is 0 Å². The average molecular weight is 303 g/mol. The molecule has 0 bridgehead atoms. The lowest BCUT2D eigenvalue weighted by Crippen LogP contribution is -2.20. The topological polar surface area (TPSA) is 42.2 Å². The number of nitrogens with zero attached hydrogens (tertiary/aromatic N) is 3. The van der Waals surface area contributed by atoms with Crippen LogP contribution < -0.4 is 0 Å². The van der Waals surface area contributed by atoms with Crippen LogP contribution in [0.1, 0.15) is 50.4 Å². The van der Waals surface area contributed by atoms with E-state index < -0.39 is 0 Å². The maximum atomic E-state index is 13.2. The molecule has 1 saturated heterocycles. The zero-order chi connectivity index (χ0) is 15.7. The summed E-state index contributed by atoms with van der Waals surface area (Å²) >= 11 is 0. The number of hydrogen-bond acceptors (Lipinski definition) is 4. The molecule has 118 valence electrons. The molecule has 4 nitrogen and oxygen atoms in total. The van der Waals surface area contributed by atoms with Crippen LogP contribution >= 0.6 is 0 Å². The van der Waals surface area contributed by atoms with Gasteiger partial charge in [-0.05, 0) is 30.7 Å². The number of aromatic nitrogens is 2. The second kappa shape index (κ2) is 5.80. The zero-order valence-corrected chi connectivity index (χ0v) is 13.3. The van der Waals surface area contributed by atoms with E-state index in [0.29, 0.717) is 0 Å². The van der Waals surface area contributed by atoms with Gasteiger partial charge in [0, 0.05) is 18.5 Å². The zero-order valence-electron chi connectivity index (χ0n) is 13.3. The number of halogens is 1. The Morgan fingerprint density at radius 2 is 2.18 bits per heavy atom. The number of hydrogen-bond donors (Lipinski definition) is 0. The van der Waals surface area contributed by atoms with E-state index in [1.165, 1.54) is 6.07 Å². The first-order valence-electron chi connectivity index (χ1n) is 7.73. The highest BCUT2D eigenvalue weighted by Gasteiger charge is 2.30. The minimum Gasteiger partial charge on any atom is -0.339 e. The summed E-state index contributed by atoms with van der Waals surface area (Å²) in [6.45, 7) is 8.83. The minimum atomic E-state index is -0.181. The molecule has 1 atom stereocenters. The molecule has 3 rings (SSSR count). The van der Waals surface area contributed by atoms with Crippen LogP contribution in [0.2, 0.25) is 0 Å². The second-order valence-electron chi connectivity index (χ2n) is 7.06. The Morgan fingerprint density at radius 1 is 1.36 bits per heavy atom. The van der Waals surface area contributed by atoms with Gasteiger partial charge in [-0.3, -0.25) is 4.90 Å². The molecule has 0 N–H and O–H groups in total. The van der Waals surface area contributed by atoms with Crippen molar-refractivity contribution in [1.82, 2.24) is 15.0 Å².